The first-order valence-corrected chi connectivity index (χ1v) is 5.24. The van der Waals surface area contributed by atoms with Crippen molar-refractivity contribution in [3.05, 3.63) is 36.0 Å². The van der Waals surface area contributed by atoms with Crippen LogP contribution in [0.3, 0.4) is 0 Å². The molecule has 16 heavy (non-hydrogen) atoms. The van der Waals surface area contributed by atoms with Gasteiger partial charge in [-0.15, -0.1) is 5.10 Å². The fraction of sp³-hybridized carbons (Fsp3) is 0.333. The second-order valence-corrected chi connectivity index (χ2v) is 3.72. The van der Waals surface area contributed by atoms with Crippen LogP contribution in [0.2, 0.25) is 0 Å². The minimum Gasteiger partial charge on any atom is -0.384 e. The molecule has 2 rings (SSSR count). The number of aryl methyl sites for hydroxylation is 1. The van der Waals surface area contributed by atoms with Crippen LogP contribution in [-0.4, -0.2) is 28.7 Å². The molecule has 0 spiro atoms. The Morgan fingerprint density at radius 2 is 2.25 bits per heavy atom. The summed E-state index contributed by atoms with van der Waals surface area (Å²) < 4.78 is 6.77. The zero-order chi connectivity index (χ0) is 11.4. The molecule has 4 nitrogen and oxygen atoms in total. The monoisotopic (exact) mass is 217 g/mol. The number of ether oxygens (including phenoxy) is 1. The third-order valence-corrected chi connectivity index (χ3v) is 2.42. The van der Waals surface area contributed by atoms with Crippen molar-refractivity contribution in [3.8, 4) is 11.3 Å². The molecule has 0 aliphatic carbocycles. The molecule has 84 valence electrons. The molecule has 1 aromatic heterocycles. The summed E-state index contributed by atoms with van der Waals surface area (Å²) in [5, 5.41) is 8.02. The highest BCUT2D eigenvalue weighted by molar-refractivity contribution is 5.58. The second kappa shape index (κ2) is 4.90. The van der Waals surface area contributed by atoms with E-state index in [0.717, 1.165) is 24.3 Å². The van der Waals surface area contributed by atoms with E-state index in [0.29, 0.717) is 0 Å². The minimum atomic E-state index is 0.740. The molecule has 0 saturated carbocycles. The van der Waals surface area contributed by atoms with Crippen molar-refractivity contribution in [2.45, 2.75) is 6.42 Å². The number of hydrogen-bond donors (Lipinski definition) is 0. The van der Waals surface area contributed by atoms with E-state index in [4.69, 9.17) is 4.74 Å². The molecule has 0 aliphatic heterocycles. The van der Waals surface area contributed by atoms with Crippen molar-refractivity contribution in [2.24, 2.45) is 7.05 Å². The average Bonchev–Trinajstić information content (AvgIpc) is 2.74. The average molecular weight is 217 g/mol. The molecule has 2 aromatic rings. The van der Waals surface area contributed by atoms with Crippen molar-refractivity contribution >= 4 is 0 Å². The molecule has 0 atom stereocenters. The minimum absolute atomic E-state index is 0.740. The van der Waals surface area contributed by atoms with Gasteiger partial charge in [0, 0.05) is 19.7 Å². The van der Waals surface area contributed by atoms with Gasteiger partial charge < -0.3 is 4.74 Å². The summed E-state index contributed by atoms with van der Waals surface area (Å²) in [6.45, 7) is 0.740. The van der Waals surface area contributed by atoms with E-state index in [-0.39, 0.29) is 0 Å². The maximum absolute atomic E-state index is 5.06. The molecule has 1 heterocycles. The Morgan fingerprint density at radius 3 is 2.94 bits per heavy atom. The standard InChI is InChI=1S/C12H15N3O/c1-15-9-12(13-14-15)11-5-3-4-10(8-11)6-7-16-2/h3-5,8-9H,6-7H2,1-2H3. The molecule has 0 bridgehead atoms. The van der Waals surface area contributed by atoms with Gasteiger partial charge in [0.05, 0.1) is 12.8 Å². The van der Waals surface area contributed by atoms with Gasteiger partial charge in [-0.2, -0.15) is 0 Å². The van der Waals surface area contributed by atoms with Gasteiger partial charge in [0.15, 0.2) is 0 Å². The SMILES string of the molecule is COCCc1cccc(-c2cn(C)nn2)c1. The molecular formula is C12H15N3O. The summed E-state index contributed by atoms with van der Waals surface area (Å²) in [6.07, 6.45) is 2.83. The summed E-state index contributed by atoms with van der Waals surface area (Å²) in [4.78, 5) is 0. The van der Waals surface area contributed by atoms with Crippen molar-refractivity contribution in [2.75, 3.05) is 13.7 Å². The van der Waals surface area contributed by atoms with Crippen LogP contribution in [0.4, 0.5) is 0 Å². The lowest BCUT2D eigenvalue weighted by Crippen LogP contribution is -1.94. The van der Waals surface area contributed by atoms with E-state index >= 15 is 0 Å². The number of benzene rings is 1. The summed E-state index contributed by atoms with van der Waals surface area (Å²) in [6, 6.07) is 8.30. The summed E-state index contributed by atoms with van der Waals surface area (Å²) in [5.41, 5.74) is 3.26. The van der Waals surface area contributed by atoms with E-state index < -0.39 is 0 Å². The number of hydrogen-bond acceptors (Lipinski definition) is 3. The molecule has 0 unspecified atom stereocenters. The second-order valence-electron chi connectivity index (χ2n) is 3.72. The van der Waals surface area contributed by atoms with Gasteiger partial charge in [-0.25, -0.2) is 0 Å². The molecule has 0 N–H and O–H groups in total. The van der Waals surface area contributed by atoms with Gasteiger partial charge in [-0.05, 0) is 18.1 Å². The Morgan fingerprint density at radius 1 is 1.38 bits per heavy atom. The molecule has 1 aromatic carbocycles. The fourth-order valence-electron chi connectivity index (χ4n) is 1.59. The molecule has 0 aliphatic rings. The van der Waals surface area contributed by atoms with Crippen molar-refractivity contribution in [1.82, 2.24) is 15.0 Å². The predicted molar refractivity (Wildman–Crippen MR) is 62.0 cm³/mol. The predicted octanol–water partition coefficient (Wildman–Crippen LogP) is 1.67. The molecular weight excluding hydrogens is 202 g/mol. The van der Waals surface area contributed by atoms with Gasteiger partial charge in [-0.1, -0.05) is 23.4 Å². The summed E-state index contributed by atoms with van der Waals surface area (Å²) >= 11 is 0. The number of rotatable bonds is 4. The van der Waals surface area contributed by atoms with E-state index in [1.54, 1.807) is 11.8 Å². The van der Waals surface area contributed by atoms with E-state index in [9.17, 15) is 0 Å². The fourth-order valence-corrected chi connectivity index (χ4v) is 1.59. The van der Waals surface area contributed by atoms with Gasteiger partial charge in [0.25, 0.3) is 0 Å². The summed E-state index contributed by atoms with van der Waals surface area (Å²) in [5.74, 6) is 0. The van der Waals surface area contributed by atoms with Crippen LogP contribution in [0.1, 0.15) is 5.56 Å². The number of methoxy groups -OCH3 is 1. The van der Waals surface area contributed by atoms with Crippen molar-refractivity contribution < 1.29 is 4.74 Å². The van der Waals surface area contributed by atoms with Crippen LogP contribution in [0.5, 0.6) is 0 Å². The lowest BCUT2D eigenvalue weighted by molar-refractivity contribution is 0.202. The first kappa shape index (κ1) is 10.8. The van der Waals surface area contributed by atoms with E-state index in [1.807, 2.05) is 25.4 Å². The largest absolute Gasteiger partial charge is 0.384 e. The highest BCUT2D eigenvalue weighted by Gasteiger charge is 2.02. The van der Waals surface area contributed by atoms with Crippen LogP contribution in [0.25, 0.3) is 11.3 Å². The number of nitrogens with zero attached hydrogens (tertiary/aromatic N) is 3. The van der Waals surface area contributed by atoms with Gasteiger partial charge in [0.1, 0.15) is 5.69 Å². The van der Waals surface area contributed by atoms with E-state index in [1.165, 1.54) is 5.56 Å². The van der Waals surface area contributed by atoms with Gasteiger partial charge >= 0.3 is 0 Å². The normalized spacial score (nSPS) is 10.6. The van der Waals surface area contributed by atoms with Crippen LogP contribution in [-0.2, 0) is 18.2 Å². The molecule has 4 heteroatoms. The van der Waals surface area contributed by atoms with Crippen LogP contribution in [0.15, 0.2) is 30.5 Å². The molecule has 0 saturated heterocycles. The third-order valence-electron chi connectivity index (χ3n) is 2.42. The first-order valence-electron chi connectivity index (χ1n) is 5.24. The Balaban J connectivity index is 2.22. The Bertz CT molecular complexity index is 465. The summed E-state index contributed by atoms with van der Waals surface area (Å²) in [7, 11) is 3.58. The number of aromatic nitrogens is 3. The molecule has 0 fully saturated rings. The quantitative estimate of drug-likeness (QED) is 0.782. The highest BCUT2D eigenvalue weighted by Crippen LogP contribution is 2.17. The van der Waals surface area contributed by atoms with Crippen LogP contribution in [0, 0.1) is 0 Å². The van der Waals surface area contributed by atoms with Crippen molar-refractivity contribution in [3.63, 3.8) is 0 Å². The maximum atomic E-state index is 5.06. The topological polar surface area (TPSA) is 39.9 Å². The zero-order valence-corrected chi connectivity index (χ0v) is 9.55. The smallest absolute Gasteiger partial charge is 0.113 e. The van der Waals surface area contributed by atoms with Crippen LogP contribution >= 0.6 is 0 Å². The lowest BCUT2D eigenvalue weighted by Gasteiger charge is -2.02. The molecule has 0 amide bonds. The maximum Gasteiger partial charge on any atom is 0.113 e. The highest BCUT2D eigenvalue weighted by atomic mass is 16.5. The van der Waals surface area contributed by atoms with Gasteiger partial charge in [-0.3, -0.25) is 4.68 Å². The van der Waals surface area contributed by atoms with Crippen molar-refractivity contribution in [1.29, 1.82) is 0 Å². The van der Waals surface area contributed by atoms with E-state index in [2.05, 4.69) is 22.4 Å². The third kappa shape index (κ3) is 2.46. The van der Waals surface area contributed by atoms with Gasteiger partial charge in [0.2, 0.25) is 0 Å². The Kier molecular flexibility index (Phi) is 3.31. The Hall–Kier alpha value is -1.68. The molecule has 0 radical (unpaired) electrons. The first-order chi connectivity index (χ1) is 7.79. The zero-order valence-electron chi connectivity index (χ0n) is 9.55. The van der Waals surface area contributed by atoms with Crippen LogP contribution < -0.4 is 0 Å². The Labute approximate surface area is 94.9 Å². The lowest BCUT2D eigenvalue weighted by atomic mass is 10.1.